The third kappa shape index (κ3) is 5.22. The number of sulfonamides is 1. The van der Waals surface area contributed by atoms with Gasteiger partial charge in [-0.25, -0.2) is 13.4 Å². The van der Waals surface area contributed by atoms with Crippen LogP contribution in [0, 0.1) is 26.7 Å². The Bertz CT molecular complexity index is 1270. The van der Waals surface area contributed by atoms with E-state index in [9.17, 15) is 13.2 Å². The van der Waals surface area contributed by atoms with E-state index < -0.39 is 10.0 Å². The number of aryl methyl sites for hydroxylation is 3. The quantitative estimate of drug-likeness (QED) is 0.439. The molecule has 0 unspecified atom stereocenters. The van der Waals surface area contributed by atoms with Crippen LogP contribution in [0.15, 0.2) is 51.6 Å². The molecule has 0 bridgehead atoms. The molecule has 0 saturated carbocycles. The van der Waals surface area contributed by atoms with Crippen molar-refractivity contribution in [3.05, 3.63) is 58.5 Å². The molecule has 1 N–H and O–H groups in total. The second-order valence-electron chi connectivity index (χ2n) is 8.65. The maximum absolute atomic E-state index is 13.0. The Kier molecular flexibility index (Phi) is 7.47. The summed E-state index contributed by atoms with van der Waals surface area (Å²) >= 11 is 2.98. The number of benzene rings is 2. The smallest absolute Gasteiger partial charge is 0.243 e. The molecule has 0 radical (unpaired) electrons. The number of rotatable bonds is 6. The van der Waals surface area contributed by atoms with E-state index in [1.165, 1.54) is 21.2 Å². The lowest BCUT2D eigenvalue weighted by Gasteiger charge is -2.30. The molecule has 1 amide bonds. The van der Waals surface area contributed by atoms with Gasteiger partial charge < -0.3 is 5.32 Å². The molecule has 1 aliphatic heterocycles. The van der Waals surface area contributed by atoms with E-state index in [0.29, 0.717) is 36.0 Å². The van der Waals surface area contributed by atoms with Gasteiger partial charge in [-0.2, -0.15) is 4.31 Å². The summed E-state index contributed by atoms with van der Waals surface area (Å²) in [5.41, 5.74) is 5.51. The number of anilines is 1. The zero-order valence-electron chi connectivity index (χ0n) is 19.8. The van der Waals surface area contributed by atoms with Crippen LogP contribution in [0.4, 0.5) is 5.13 Å². The summed E-state index contributed by atoms with van der Waals surface area (Å²) in [6.07, 6.45) is 2.93. The third-order valence-electron chi connectivity index (χ3n) is 6.19. The summed E-state index contributed by atoms with van der Waals surface area (Å²) in [7, 11) is -3.55. The first-order valence-electron chi connectivity index (χ1n) is 11.2. The lowest BCUT2D eigenvalue weighted by atomic mass is 9.97. The number of carbonyl (C=O) groups excluding carboxylic acids is 1. The van der Waals surface area contributed by atoms with Crippen molar-refractivity contribution < 1.29 is 13.2 Å². The summed E-state index contributed by atoms with van der Waals surface area (Å²) in [6, 6.07) is 11.2. The molecule has 1 aromatic heterocycles. The Hall–Kier alpha value is -2.20. The standard InChI is InChI=1S/C25H29N3O3S3/c1-16-13-17(2)23(18(3)14-16)22-15-33-25(26-22)27-24(29)19-9-11-28(12-10-19)34(30,31)21-7-5-20(32-4)6-8-21/h5-8,13-15,19H,9-12H2,1-4H3,(H,26,27,29). The van der Waals surface area contributed by atoms with Crippen molar-refractivity contribution in [3.8, 4) is 11.3 Å². The predicted octanol–water partition coefficient (Wildman–Crippen LogP) is 5.50. The highest BCUT2D eigenvalue weighted by Crippen LogP contribution is 2.32. The van der Waals surface area contributed by atoms with Gasteiger partial charge in [-0.15, -0.1) is 23.1 Å². The van der Waals surface area contributed by atoms with Crippen molar-refractivity contribution in [2.24, 2.45) is 5.92 Å². The molecule has 1 fully saturated rings. The fourth-order valence-electron chi connectivity index (χ4n) is 4.49. The Labute approximate surface area is 209 Å². The third-order valence-corrected chi connectivity index (χ3v) is 9.60. The van der Waals surface area contributed by atoms with Crippen LogP contribution >= 0.6 is 23.1 Å². The number of nitrogens with zero attached hydrogens (tertiary/aromatic N) is 2. The molecule has 9 heteroatoms. The predicted molar refractivity (Wildman–Crippen MR) is 140 cm³/mol. The number of thioether (sulfide) groups is 1. The normalized spacial score (nSPS) is 15.4. The molecular formula is C25H29N3O3S3. The highest BCUT2D eigenvalue weighted by atomic mass is 32.2. The molecule has 1 aliphatic rings. The van der Waals surface area contributed by atoms with Gasteiger partial charge in [0.15, 0.2) is 5.13 Å². The molecular weight excluding hydrogens is 486 g/mol. The number of amides is 1. The van der Waals surface area contributed by atoms with E-state index in [1.807, 2.05) is 23.8 Å². The van der Waals surface area contributed by atoms with Crippen molar-refractivity contribution in [1.82, 2.24) is 9.29 Å². The van der Waals surface area contributed by atoms with Crippen molar-refractivity contribution in [2.45, 2.75) is 43.4 Å². The fraction of sp³-hybridized carbons (Fsp3) is 0.360. The maximum atomic E-state index is 13.0. The van der Waals surface area contributed by atoms with E-state index >= 15 is 0 Å². The van der Waals surface area contributed by atoms with Gasteiger partial charge in [0.25, 0.3) is 0 Å². The van der Waals surface area contributed by atoms with Crippen LogP contribution in [0.3, 0.4) is 0 Å². The Morgan fingerprint density at radius 2 is 1.71 bits per heavy atom. The monoisotopic (exact) mass is 515 g/mol. The second-order valence-corrected chi connectivity index (χ2v) is 12.3. The van der Waals surface area contributed by atoms with Crippen molar-refractivity contribution >= 4 is 44.2 Å². The summed E-state index contributed by atoms with van der Waals surface area (Å²) in [4.78, 5) is 18.8. The number of hydrogen-bond donors (Lipinski definition) is 1. The van der Waals surface area contributed by atoms with Crippen molar-refractivity contribution in [1.29, 1.82) is 0 Å². The molecule has 180 valence electrons. The maximum Gasteiger partial charge on any atom is 0.243 e. The topological polar surface area (TPSA) is 79.4 Å². The molecule has 0 aliphatic carbocycles. The zero-order chi connectivity index (χ0) is 24.5. The van der Waals surface area contributed by atoms with Crippen molar-refractivity contribution in [3.63, 3.8) is 0 Å². The number of thiazole rings is 1. The van der Waals surface area contributed by atoms with Crippen molar-refractivity contribution in [2.75, 3.05) is 24.7 Å². The van der Waals surface area contributed by atoms with Gasteiger partial charge in [-0.3, -0.25) is 4.79 Å². The molecule has 3 aromatic rings. The van der Waals surface area contributed by atoms with Crippen LogP contribution in [-0.4, -0.2) is 43.0 Å². The van der Waals surface area contributed by atoms with Crippen LogP contribution in [-0.2, 0) is 14.8 Å². The van der Waals surface area contributed by atoms with Gasteiger partial charge in [0.2, 0.25) is 15.9 Å². The average molecular weight is 516 g/mol. The van der Waals surface area contributed by atoms with E-state index in [0.717, 1.165) is 27.3 Å². The number of nitrogens with one attached hydrogen (secondary N) is 1. The van der Waals surface area contributed by atoms with Gasteiger partial charge in [-0.05, 0) is 75.3 Å². The van der Waals surface area contributed by atoms with E-state index in [1.54, 1.807) is 23.9 Å². The van der Waals surface area contributed by atoms with E-state index in [2.05, 4.69) is 43.2 Å². The lowest BCUT2D eigenvalue weighted by molar-refractivity contribution is -0.120. The van der Waals surface area contributed by atoms with Crippen LogP contribution in [0.5, 0.6) is 0 Å². The number of aromatic nitrogens is 1. The van der Waals surface area contributed by atoms with Crippen LogP contribution in [0.2, 0.25) is 0 Å². The fourth-order valence-corrected chi connectivity index (χ4v) is 7.07. The van der Waals surface area contributed by atoms with Gasteiger partial charge in [0.05, 0.1) is 10.6 Å². The van der Waals surface area contributed by atoms with Crippen LogP contribution in [0.25, 0.3) is 11.3 Å². The van der Waals surface area contributed by atoms with Gasteiger partial charge in [0.1, 0.15) is 0 Å². The lowest BCUT2D eigenvalue weighted by Crippen LogP contribution is -2.41. The first kappa shape index (κ1) is 24.9. The summed E-state index contributed by atoms with van der Waals surface area (Å²) in [5, 5.41) is 5.49. The minimum atomic E-state index is -3.55. The number of hydrogen-bond acceptors (Lipinski definition) is 6. The molecule has 34 heavy (non-hydrogen) atoms. The number of piperidine rings is 1. The summed E-state index contributed by atoms with van der Waals surface area (Å²) < 4.78 is 27.4. The molecule has 2 heterocycles. The molecule has 4 rings (SSSR count). The molecule has 1 saturated heterocycles. The summed E-state index contributed by atoms with van der Waals surface area (Å²) in [5.74, 6) is -0.333. The van der Waals surface area contributed by atoms with Crippen LogP contribution in [0.1, 0.15) is 29.5 Å². The minimum Gasteiger partial charge on any atom is -0.302 e. The first-order valence-corrected chi connectivity index (χ1v) is 14.7. The Morgan fingerprint density at radius 3 is 2.29 bits per heavy atom. The molecule has 0 spiro atoms. The highest BCUT2D eigenvalue weighted by molar-refractivity contribution is 7.98. The van der Waals surface area contributed by atoms with Gasteiger partial charge in [0, 0.05) is 34.8 Å². The Morgan fingerprint density at radius 1 is 1.09 bits per heavy atom. The highest BCUT2D eigenvalue weighted by Gasteiger charge is 2.32. The first-order chi connectivity index (χ1) is 16.2. The second kappa shape index (κ2) is 10.2. The van der Waals surface area contributed by atoms with Crippen LogP contribution < -0.4 is 5.32 Å². The SMILES string of the molecule is CSc1ccc(S(=O)(=O)N2CCC(C(=O)Nc3nc(-c4c(C)cc(C)cc4C)cs3)CC2)cc1. The van der Waals surface area contributed by atoms with E-state index in [4.69, 9.17) is 0 Å². The average Bonchev–Trinajstić information content (AvgIpc) is 3.26. The zero-order valence-corrected chi connectivity index (χ0v) is 22.2. The number of carbonyl (C=O) groups is 1. The van der Waals surface area contributed by atoms with Gasteiger partial charge in [-0.1, -0.05) is 17.7 Å². The molecule has 0 atom stereocenters. The molecule has 6 nitrogen and oxygen atoms in total. The largest absolute Gasteiger partial charge is 0.302 e. The van der Waals surface area contributed by atoms with E-state index in [-0.39, 0.29) is 11.8 Å². The minimum absolute atomic E-state index is 0.0976. The summed E-state index contributed by atoms with van der Waals surface area (Å²) in [6.45, 7) is 6.89. The Balaban J connectivity index is 1.38. The molecule has 2 aromatic carbocycles. The van der Waals surface area contributed by atoms with Gasteiger partial charge >= 0.3 is 0 Å².